The molecule has 0 heterocycles. The summed E-state index contributed by atoms with van der Waals surface area (Å²) in [4.78, 5) is 3.71. The minimum absolute atomic E-state index is 0.312. The Hall–Kier alpha value is -0.220. The second kappa shape index (κ2) is 10.5. The largest absolute Gasteiger partial charge is 0.310 e. The number of nitrogens with zero attached hydrogens (tertiary/aromatic N) is 1. The van der Waals surface area contributed by atoms with Gasteiger partial charge in [0.2, 0.25) is 0 Å². The quantitative estimate of drug-likeness (QED) is 0.619. The van der Waals surface area contributed by atoms with Crippen LogP contribution in [0, 0.1) is 0 Å². The van der Waals surface area contributed by atoms with Crippen molar-refractivity contribution in [1.29, 1.82) is 0 Å². The summed E-state index contributed by atoms with van der Waals surface area (Å²) in [5.41, 5.74) is 1.19. The topological polar surface area (TPSA) is 15.3 Å². The molecule has 0 aliphatic heterocycles. The second-order valence-electron chi connectivity index (χ2n) is 5.23. The van der Waals surface area contributed by atoms with Gasteiger partial charge in [-0.15, -0.1) is 11.8 Å². The highest BCUT2D eigenvalue weighted by molar-refractivity contribution is 7.99. The third kappa shape index (κ3) is 6.60. The van der Waals surface area contributed by atoms with Crippen LogP contribution in [0.4, 0.5) is 0 Å². The molecule has 0 bridgehead atoms. The first-order valence-corrected chi connectivity index (χ1v) is 9.36. The lowest BCUT2D eigenvalue weighted by atomic mass is 10.1. The van der Waals surface area contributed by atoms with Crippen molar-refractivity contribution in [2.45, 2.75) is 45.1 Å². The molecular weight excluding hydrogens is 300 g/mol. The summed E-state index contributed by atoms with van der Waals surface area (Å²) in [6.45, 7) is 13.2. The van der Waals surface area contributed by atoms with Crippen molar-refractivity contribution in [3.05, 3.63) is 28.8 Å². The highest BCUT2D eigenvalue weighted by atomic mass is 35.5. The van der Waals surface area contributed by atoms with Crippen molar-refractivity contribution in [2.75, 3.05) is 31.9 Å². The molecule has 0 aliphatic carbocycles. The molecule has 1 N–H and O–H groups in total. The summed E-state index contributed by atoms with van der Waals surface area (Å²) in [6.07, 6.45) is 1.14. The van der Waals surface area contributed by atoms with Gasteiger partial charge in [0.1, 0.15) is 0 Å². The Kier molecular flexibility index (Phi) is 9.41. The first-order chi connectivity index (χ1) is 10.1. The first-order valence-electron chi connectivity index (χ1n) is 8.00. The molecule has 0 aromatic heterocycles. The fraction of sp³-hybridized carbons (Fsp3) is 0.647. The van der Waals surface area contributed by atoms with Gasteiger partial charge >= 0.3 is 0 Å². The summed E-state index contributed by atoms with van der Waals surface area (Å²) in [7, 11) is 0. The molecule has 4 heteroatoms. The molecule has 0 saturated carbocycles. The lowest BCUT2D eigenvalue weighted by molar-refractivity contribution is 0.324. The molecular formula is C17H29ClN2S. The minimum Gasteiger partial charge on any atom is -0.310 e. The van der Waals surface area contributed by atoms with Crippen LogP contribution < -0.4 is 5.32 Å². The lowest BCUT2D eigenvalue weighted by Crippen LogP contribution is -2.25. The molecule has 0 spiro atoms. The van der Waals surface area contributed by atoms with Gasteiger partial charge in [0.15, 0.2) is 0 Å². The zero-order valence-electron chi connectivity index (χ0n) is 13.8. The SMILES string of the molecule is CCCNC(C)c1ccc(SCCN(CC)CC)cc1Cl. The Labute approximate surface area is 139 Å². The molecule has 1 unspecified atom stereocenters. The van der Waals surface area contributed by atoms with Crippen LogP contribution in [0.2, 0.25) is 5.02 Å². The van der Waals surface area contributed by atoms with Crippen LogP contribution in [0.25, 0.3) is 0 Å². The third-order valence-electron chi connectivity index (χ3n) is 3.71. The third-order valence-corrected chi connectivity index (χ3v) is 5.01. The highest BCUT2D eigenvalue weighted by Crippen LogP contribution is 2.28. The van der Waals surface area contributed by atoms with E-state index in [-0.39, 0.29) is 0 Å². The van der Waals surface area contributed by atoms with Gasteiger partial charge in [0.25, 0.3) is 0 Å². The molecule has 0 saturated heterocycles. The molecule has 0 radical (unpaired) electrons. The molecule has 120 valence electrons. The summed E-state index contributed by atoms with van der Waals surface area (Å²) in [5, 5.41) is 4.36. The Morgan fingerprint density at radius 1 is 1.24 bits per heavy atom. The monoisotopic (exact) mass is 328 g/mol. The Bertz CT molecular complexity index is 408. The molecule has 2 nitrogen and oxygen atoms in total. The Morgan fingerprint density at radius 2 is 1.95 bits per heavy atom. The summed E-state index contributed by atoms with van der Waals surface area (Å²) >= 11 is 8.32. The van der Waals surface area contributed by atoms with Gasteiger partial charge in [-0.3, -0.25) is 0 Å². The predicted octanol–water partition coefficient (Wildman–Crippen LogP) is 4.83. The molecule has 1 aromatic carbocycles. The average molecular weight is 329 g/mol. The van der Waals surface area contributed by atoms with Gasteiger partial charge in [-0.2, -0.15) is 0 Å². The zero-order valence-corrected chi connectivity index (χ0v) is 15.4. The van der Waals surface area contributed by atoms with Gasteiger partial charge < -0.3 is 10.2 Å². The molecule has 1 rings (SSSR count). The highest BCUT2D eigenvalue weighted by Gasteiger charge is 2.09. The summed E-state index contributed by atoms with van der Waals surface area (Å²) < 4.78 is 0. The normalized spacial score (nSPS) is 12.9. The van der Waals surface area contributed by atoms with E-state index in [1.165, 1.54) is 10.5 Å². The molecule has 0 aliphatic rings. The van der Waals surface area contributed by atoms with Crippen LogP contribution in [-0.2, 0) is 0 Å². The lowest BCUT2D eigenvalue weighted by Gasteiger charge is -2.18. The van der Waals surface area contributed by atoms with Gasteiger partial charge in [-0.1, -0.05) is 38.4 Å². The number of nitrogens with one attached hydrogen (secondary N) is 1. The summed E-state index contributed by atoms with van der Waals surface area (Å²) in [6, 6.07) is 6.77. The van der Waals surface area contributed by atoms with Crippen molar-refractivity contribution in [1.82, 2.24) is 10.2 Å². The van der Waals surface area contributed by atoms with Crippen molar-refractivity contribution < 1.29 is 0 Å². The number of halogens is 1. The van der Waals surface area contributed by atoms with Gasteiger partial charge in [0, 0.05) is 28.3 Å². The van der Waals surface area contributed by atoms with E-state index in [4.69, 9.17) is 11.6 Å². The van der Waals surface area contributed by atoms with Crippen LogP contribution in [0.1, 0.15) is 45.7 Å². The van der Waals surface area contributed by atoms with Gasteiger partial charge in [-0.05, 0) is 50.7 Å². The second-order valence-corrected chi connectivity index (χ2v) is 6.81. The molecule has 21 heavy (non-hydrogen) atoms. The number of hydrogen-bond donors (Lipinski definition) is 1. The van der Waals surface area contributed by atoms with Gasteiger partial charge in [-0.25, -0.2) is 0 Å². The van der Waals surface area contributed by atoms with Crippen LogP contribution in [0.15, 0.2) is 23.1 Å². The van der Waals surface area contributed by atoms with Crippen LogP contribution in [-0.4, -0.2) is 36.8 Å². The van der Waals surface area contributed by atoms with Crippen molar-refractivity contribution in [3.63, 3.8) is 0 Å². The number of hydrogen-bond acceptors (Lipinski definition) is 3. The van der Waals surface area contributed by atoms with Crippen LogP contribution in [0.5, 0.6) is 0 Å². The minimum atomic E-state index is 0.312. The van der Waals surface area contributed by atoms with E-state index in [0.29, 0.717) is 6.04 Å². The molecule has 0 amide bonds. The van der Waals surface area contributed by atoms with E-state index in [2.05, 4.69) is 56.1 Å². The maximum Gasteiger partial charge on any atom is 0.0464 e. The number of benzene rings is 1. The van der Waals surface area contributed by atoms with Crippen LogP contribution >= 0.6 is 23.4 Å². The van der Waals surface area contributed by atoms with E-state index >= 15 is 0 Å². The number of thioether (sulfide) groups is 1. The zero-order chi connectivity index (χ0) is 15.7. The summed E-state index contributed by atoms with van der Waals surface area (Å²) in [5.74, 6) is 1.11. The van der Waals surface area contributed by atoms with Crippen molar-refractivity contribution >= 4 is 23.4 Å². The van der Waals surface area contributed by atoms with E-state index in [0.717, 1.165) is 43.4 Å². The first kappa shape index (κ1) is 18.8. The van der Waals surface area contributed by atoms with E-state index in [1.807, 2.05) is 11.8 Å². The fourth-order valence-electron chi connectivity index (χ4n) is 2.25. The molecule has 1 aromatic rings. The van der Waals surface area contributed by atoms with Crippen LogP contribution in [0.3, 0.4) is 0 Å². The Balaban J connectivity index is 2.53. The smallest absolute Gasteiger partial charge is 0.0464 e. The molecule has 1 atom stereocenters. The van der Waals surface area contributed by atoms with E-state index in [9.17, 15) is 0 Å². The standard InChI is InChI=1S/C17H29ClN2S/c1-5-10-19-14(4)16-9-8-15(13-17(16)18)21-12-11-20(6-2)7-3/h8-9,13-14,19H,5-7,10-12H2,1-4H3. The fourth-order valence-corrected chi connectivity index (χ4v) is 3.61. The average Bonchev–Trinajstić information content (AvgIpc) is 2.49. The van der Waals surface area contributed by atoms with E-state index < -0.39 is 0 Å². The van der Waals surface area contributed by atoms with Crippen molar-refractivity contribution in [2.24, 2.45) is 0 Å². The number of rotatable bonds is 10. The predicted molar refractivity (Wildman–Crippen MR) is 96.7 cm³/mol. The van der Waals surface area contributed by atoms with Crippen molar-refractivity contribution in [3.8, 4) is 0 Å². The van der Waals surface area contributed by atoms with Gasteiger partial charge in [0.05, 0.1) is 0 Å². The maximum atomic E-state index is 6.44. The maximum absolute atomic E-state index is 6.44. The Morgan fingerprint density at radius 3 is 2.52 bits per heavy atom. The molecule has 0 fully saturated rings. The van der Waals surface area contributed by atoms with E-state index in [1.54, 1.807) is 0 Å².